The van der Waals surface area contributed by atoms with E-state index in [9.17, 15) is 9.59 Å². The number of hydrogen-bond acceptors (Lipinski definition) is 4. The van der Waals surface area contributed by atoms with Crippen LogP contribution in [0.1, 0.15) is 17.0 Å². The number of anilines is 1. The number of pyridine rings is 1. The lowest BCUT2D eigenvalue weighted by Gasteiger charge is -2.20. The molecule has 6 heteroatoms. The highest BCUT2D eigenvalue weighted by Crippen LogP contribution is 2.54. The zero-order valence-corrected chi connectivity index (χ0v) is 14.7. The Bertz CT molecular complexity index is 981. The van der Waals surface area contributed by atoms with Gasteiger partial charge in [-0.05, 0) is 42.5 Å². The van der Waals surface area contributed by atoms with E-state index in [2.05, 4.69) is 10.3 Å². The lowest BCUT2D eigenvalue weighted by Crippen LogP contribution is -2.31. The van der Waals surface area contributed by atoms with Crippen molar-refractivity contribution in [2.75, 3.05) is 18.0 Å². The summed E-state index contributed by atoms with van der Waals surface area (Å²) in [6.07, 6.45) is 4.08. The number of carbonyl (C=O) groups excluding carboxylic acids is 2. The highest BCUT2D eigenvalue weighted by molar-refractivity contribution is 6.00. The van der Waals surface area contributed by atoms with Gasteiger partial charge < -0.3 is 14.6 Å². The van der Waals surface area contributed by atoms with Gasteiger partial charge in [-0.25, -0.2) is 0 Å². The molecule has 2 amide bonds. The van der Waals surface area contributed by atoms with Gasteiger partial charge in [0.1, 0.15) is 0 Å². The lowest BCUT2D eigenvalue weighted by atomic mass is 10.1. The fourth-order valence-electron chi connectivity index (χ4n) is 4.21. The van der Waals surface area contributed by atoms with Crippen LogP contribution in [0.25, 0.3) is 11.0 Å². The largest absolute Gasteiger partial charge is 0.449 e. The third-order valence-corrected chi connectivity index (χ3v) is 5.65. The van der Waals surface area contributed by atoms with Gasteiger partial charge >= 0.3 is 0 Å². The molecule has 3 heterocycles. The number of furan rings is 1. The molecule has 0 unspecified atom stereocenters. The van der Waals surface area contributed by atoms with E-state index in [0.717, 1.165) is 24.0 Å². The highest BCUT2D eigenvalue weighted by Gasteiger charge is 2.60. The molecule has 3 atom stereocenters. The SMILES string of the molecule is O=C(NCC[C@@H]1[C@H]2CN(c3ccccc3)C(=O)[C@@H]12)c1cc2ccncc2o1. The Hall–Kier alpha value is -3.15. The monoisotopic (exact) mass is 361 g/mol. The Morgan fingerprint density at radius 2 is 2.11 bits per heavy atom. The van der Waals surface area contributed by atoms with Gasteiger partial charge in [0, 0.05) is 36.3 Å². The van der Waals surface area contributed by atoms with Crippen LogP contribution in [0.2, 0.25) is 0 Å². The van der Waals surface area contributed by atoms with Crippen LogP contribution in [0.15, 0.2) is 59.3 Å². The smallest absolute Gasteiger partial charge is 0.287 e. The van der Waals surface area contributed by atoms with Gasteiger partial charge in [0.05, 0.1) is 6.20 Å². The Labute approximate surface area is 156 Å². The van der Waals surface area contributed by atoms with Crippen LogP contribution in [-0.2, 0) is 4.79 Å². The molecule has 2 aliphatic rings. The molecule has 1 N–H and O–H groups in total. The average Bonchev–Trinajstić information content (AvgIpc) is 3.03. The molecule has 2 aromatic heterocycles. The number of carbonyl (C=O) groups is 2. The highest BCUT2D eigenvalue weighted by atomic mass is 16.3. The number of nitrogens with one attached hydrogen (secondary N) is 1. The second-order valence-electron chi connectivity index (χ2n) is 7.21. The molecular formula is C21H19N3O3. The minimum absolute atomic E-state index is 0.111. The number of para-hydroxylation sites is 1. The van der Waals surface area contributed by atoms with Crippen molar-refractivity contribution in [3.8, 4) is 0 Å². The lowest BCUT2D eigenvalue weighted by molar-refractivity contribution is -0.119. The summed E-state index contributed by atoms with van der Waals surface area (Å²) in [5.74, 6) is 1.17. The minimum Gasteiger partial charge on any atom is -0.449 e. The van der Waals surface area contributed by atoms with Crippen molar-refractivity contribution in [2.45, 2.75) is 6.42 Å². The van der Waals surface area contributed by atoms with Crippen LogP contribution in [0.5, 0.6) is 0 Å². The summed E-state index contributed by atoms with van der Waals surface area (Å²) in [6, 6.07) is 13.3. The molecule has 0 radical (unpaired) electrons. The van der Waals surface area contributed by atoms with Crippen molar-refractivity contribution >= 4 is 28.5 Å². The third kappa shape index (κ3) is 2.77. The Morgan fingerprint density at radius 1 is 1.26 bits per heavy atom. The van der Waals surface area contributed by atoms with E-state index in [1.807, 2.05) is 41.3 Å². The first-order chi connectivity index (χ1) is 13.2. The molecule has 1 aliphatic carbocycles. The predicted molar refractivity (Wildman–Crippen MR) is 100 cm³/mol. The summed E-state index contributed by atoms with van der Waals surface area (Å²) in [5.41, 5.74) is 1.58. The van der Waals surface area contributed by atoms with Gasteiger partial charge in [-0.1, -0.05) is 18.2 Å². The van der Waals surface area contributed by atoms with Crippen molar-refractivity contribution in [2.24, 2.45) is 17.8 Å². The number of hydrogen-bond donors (Lipinski definition) is 1. The van der Waals surface area contributed by atoms with Gasteiger partial charge in [0.2, 0.25) is 5.91 Å². The average molecular weight is 361 g/mol. The zero-order valence-electron chi connectivity index (χ0n) is 14.7. The molecule has 1 saturated heterocycles. The summed E-state index contributed by atoms with van der Waals surface area (Å²) in [7, 11) is 0. The van der Waals surface area contributed by atoms with Crippen molar-refractivity contribution in [3.05, 3.63) is 60.6 Å². The quantitative estimate of drug-likeness (QED) is 0.758. The van der Waals surface area contributed by atoms with Gasteiger partial charge in [-0.15, -0.1) is 0 Å². The van der Waals surface area contributed by atoms with E-state index < -0.39 is 0 Å². The van der Waals surface area contributed by atoms with Gasteiger partial charge in [-0.3, -0.25) is 14.6 Å². The first-order valence-corrected chi connectivity index (χ1v) is 9.20. The molecule has 6 nitrogen and oxygen atoms in total. The van der Waals surface area contributed by atoms with E-state index in [0.29, 0.717) is 29.7 Å². The summed E-state index contributed by atoms with van der Waals surface area (Å²) in [6.45, 7) is 1.33. The molecular weight excluding hydrogens is 342 g/mol. The van der Waals surface area contributed by atoms with Crippen LogP contribution < -0.4 is 10.2 Å². The summed E-state index contributed by atoms with van der Waals surface area (Å²) in [4.78, 5) is 30.7. The molecule has 0 bridgehead atoms. The number of amides is 2. The van der Waals surface area contributed by atoms with E-state index in [4.69, 9.17) is 4.42 Å². The Balaban J connectivity index is 1.14. The first-order valence-electron chi connectivity index (χ1n) is 9.20. The second kappa shape index (κ2) is 6.23. The number of rotatable bonds is 5. The van der Waals surface area contributed by atoms with Crippen LogP contribution in [-0.4, -0.2) is 29.9 Å². The summed E-state index contributed by atoms with van der Waals surface area (Å²) < 4.78 is 5.52. The van der Waals surface area contributed by atoms with Crippen LogP contribution in [0.3, 0.4) is 0 Å². The number of benzene rings is 1. The summed E-state index contributed by atoms with van der Waals surface area (Å²) in [5, 5.41) is 3.76. The maximum absolute atomic E-state index is 12.6. The van der Waals surface area contributed by atoms with Gasteiger partial charge in [0.15, 0.2) is 11.3 Å². The first kappa shape index (κ1) is 16.1. The molecule has 27 heavy (non-hydrogen) atoms. The van der Waals surface area contributed by atoms with E-state index in [-0.39, 0.29) is 17.7 Å². The topological polar surface area (TPSA) is 75.4 Å². The van der Waals surface area contributed by atoms with Crippen molar-refractivity contribution < 1.29 is 14.0 Å². The normalized spacial score (nSPS) is 23.5. The van der Waals surface area contributed by atoms with Crippen LogP contribution in [0.4, 0.5) is 5.69 Å². The molecule has 0 spiro atoms. The molecule has 2 fully saturated rings. The molecule has 1 aromatic carbocycles. The van der Waals surface area contributed by atoms with Crippen LogP contribution >= 0.6 is 0 Å². The van der Waals surface area contributed by atoms with Crippen molar-refractivity contribution in [1.29, 1.82) is 0 Å². The number of piperidine rings is 1. The van der Waals surface area contributed by atoms with E-state index in [1.54, 1.807) is 18.5 Å². The summed E-state index contributed by atoms with van der Waals surface area (Å²) >= 11 is 0. The standard InChI is InChI=1S/C21H19N3O3/c25-20(17-10-13-6-8-22-11-18(13)27-17)23-9-7-15-16-12-24(21(26)19(15)16)14-4-2-1-3-5-14/h1-6,8,10-11,15-16,19H,7,9,12H2,(H,23,25)/t15-,16-,19+/m1/s1. The van der Waals surface area contributed by atoms with E-state index >= 15 is 0 Å². The van der Waals surface area contributed by atoms with Gasteiger partial charge in [0.25, 0.3) is 5.91 Å². The minimum atomic E-state index is -0.228. The third-order valence-electron chi connectivity index (χ3n) is 5.65. The van der Waals surface area contributed by atoms with Gasteiger partial charge in [-0.2, -0.15) is 0 Å². The molecule has 3 aromatic rings. The van der Waals surface area contributed by atoms with Crippen molar-refractivity contribution in [3.63, 3.8) is 0 Å². The Morgan fingerprint density at radius 3 is 2.85 bits per heavy atom. The predicted octanol–water partition coefficient (Wildman–Crippen LogP) is 2.86. The zero-order chi connectivity index (χ0) is 18.4. The molecule has 5 rings (SSSR count). The molecule has 1 saturated carbocycles. The fraction of sp³-hybridized carbons (Fsp3) is 0.286. The van der Waals surface area contributed by atoms with E-state index in [1.165, 1.54) is 0 Å². The number of fused-ring (bicyclic) bond motifs is 2. The Kier molecular flexibility index (Phi) is 3.70. The van der Waals surface area contributed by atoms with Crippen LogP contribution in [0, 0.1) is 17.8 Å². The molecule has 136 valence electrons. The van der Waals surface area contributed by atoms with Crippen molar-refractivity contribution in [1.82, 2.24) is 10.3 Å². The molecule has 1 aliphatic heterocycles. The maximum Gasteiger partial charge on any atom is 0.287 e. The maximum atomic E-state index is 12.6. The second-order valence-corrected chi connectivity index (χ2v) is 7.21. The number of aromatic nitrogens is 1. The fourth-order valence-corrected chi connectivity index (χ4v) is 4.21. The number of nitrogens with zero attached hydrogens (tertiary/aromatic N) is 2.